The lowest BCUT2D eigenvalue weighted by Gasteiger charge is -2.12. The molecular formula is C12H10BrFN2O3. The van der Waals surface area contributed by atoms with Crippen LogP contribution in [-0.2, 0) is 6.42 Å². The standard InChI is InChI=1S/C12H10BrFN2O3/c1-2-7-10(17)15-12(19)16(11(7)18)9-5-6(14)3-4-8(9)13/h3-5,18H,2H2,1H3,(H,15,17,19). The summed E-state index contributed by atoms with van der Waals surface area (Å²) in [5, 5.41) is 10.0. The van der Waals surface area contributed by atoms with Crippen LogP contribution in [0.25, 0.3) is 5.69 Å². The topological polar surface area (TPSA) is 75.1 Å². The second-order valence-corrected chi connectivity index (χ2v) is 4.70. The number of H-pyrrole nitrogens is 1. The summed E-state index contributed by atoms with van der Waals surface area (Å²) in [6.07, 6.45) is 0.244. The van der Waals surface area contributed by atoms with Gasteiger partial charge in [0.05, 0.1) is 11.3 Å². The Bertz CT molecular complexity index is 752. The number of benzene rings is 1. The molecule has 0 aliphatic rings. The second-order valence-electron chi connectivity index (χ2n) is 3.85. The minimum atomic E-state index is -0.828. The van der Waals surface area contributed by atoms with Crippen molar-refractivity contribution in [3.05, 3.63) is 54.9 Å². The minimum Gasteiger partial charge on any atom is -0.494 e. The number of aromatic nitrogens is 2. The molecule has 2 aromatic rings. The molecule has 1 aromatic heterocycles. The lowest BCUT2D eigenvalue weighted by atomic mass is 10.2. The molecular weight excluding hydrogens is 319 g/mol. The number of hydrogen-bond acceptors (Lipinski definition) is 3. The van der Waals surface area contributed by atoms with Crippen LogP contribution in [0.1, 0.15) is 12.5 Å². The number of nitrogens with zero attached hydrogens (tertiary/aromatic N) is 1. The molecule has 0 bridgehead atoms. The van der Waals surface area contributed by atoms with Crippen molar-refractivity contribution >= 4 is 15.9 Å². The summed E-state index contributed by atoms with van der Waals surface area (Å²) >= 11 is 3.17. The fourth-order valence-corrected chi connectivity index (χ4v) is 2.18. The molecule has 0 radical (unpaired) electrons. The van der Waals surface area contributed by atoms with Crippen molar-refractivity contribution in [1.29, 1.82) is 0 Å². The molecule has 0 aliphatic heterocycles. The molecule has 100 valence electrons. The second kappa shape index (κ2) is 5.00. The first kappa shape index (κ1) is 13.5. The number of hydrogen-bond donors (Lipinski definition) is 2. The fourth-order valence-electron chi connectivity index (χ4n) is 1.76. The highest BCUT2D eigenvalue weighted by Crippen LogP contribution is 2.24. The first-order valence-electron chi connectivity index (χ1n) is 5.48. The van der Waals surface area contributed by atoms with E-state index in [0.29, 0.717) is 4.47 Å². The smallest absolute Gasteiger partial charge is 0.335 e. The Morgan fingerprint density at radius 1 is 1.42 bits per heavy atom. The Balaban J connectivity index is 2.86. The highest BCUT2D eigenvalue weighted by Gasteiger charge is 2.16. The third-order valence-corrected chi connectivity index (χ3v) is 3.35. The van der Waals surface area contributed by atoms with E-state index >= 15 is 0 Å². The van der Waals surface area contributed by atoms with E-state index in [9.17, 15) is 19.1 Å². The largest absolute Gasteiger partial charge is 0.494 e. The zero-order chi connectivity index (χ0) is 14.2. The molecule has 1 heterocycles. The van der Waals surface area contributed by atoms with Crippen LogP contribution in [0, 0.1) is 5.82 Å². The summed E-state index contributed by atoms with van der Waals surface area (Å²) in [6.45, 7) is 1.67. The van der Waals surface area contributed by atoms with Crippen molar-refractivity contribution in [2.75, 3.05) is 0 Å². The van der Waals surface area contributed by atoms with E-state index in [0.717, 1.165) is 10.6 Å². The van der Waals surface area contributed by atoms with E-state index in [2.05, 4.69) is 20.9 Å². The number of rotatable bonds is 2. The third kappa shape index (κ3) is 2.33. The highest BCUT2D eigenvalue weighted by atomic mass is 79.9. The molecule has 0 amide bonds. The first-order valence-corrected chi connectivity index (χ1v) is 6.27. The summed E-state index contributed by atoms with van der Waals surface area (Å²) in [6, 6.07) is 3.71. The monoisotopic (exact) mass is 328 g/mol. The van der Waals surface area contributed by atoms with Crippen molar-refractivity contribution in [3.8, 4) is 11.6 Å². The van der Waals surface area contributed by atoms with Gasteiger partial charge in [-0.25, -0.2) is 13.8 Å². The molecule has 0 unspecified atom stereocenters. The molecule has 0 saturated heterocycles. The lowest BCUT2D eigenvalue weighted by molar-refractivity contribution is 0.423. The van der Waals surface area contributed by atoms with Crippen LogP contribution in [0.15, 0.2) is 32.3 Å². The van der Waals surface area contributed by atoms with Gasteiger partial charge in [0.1, 0.15) is 5.82 Å². The van der Waals surface area contributed by atoms with Crippen molar-refractivity contribution in [2.45, 2.75) is 13.3 Å². The Hall–Kier alpha value is -1.89. The molecule has 19 heavy (non-hydrogen) atoms. The van der Waals surface area contributed by atoms with Crippen molar-refractivity contribution in [2.24, 2.45) is 0 Å². The molecule has 5 nitrogen and oxygen atoms in total. The van der Waals surface area contributed by atoms with Gasteiger partial charge in [-0.1, -0.05) is 6.92 Å². The SMILES string of the molecule is CCc1c(O)n(-c2cc(F)ccc2Br)c(=O)[nH]c1=O. The predicted molar refractivity (Wildman–Crippen MR) is 71.4 cm³/mol. The van der Waals surface area contributed by atoms with Crippen LogP contribution in [-0.4, -0.2) is 14.7 Å². The van der Waals surface area contributed by atoms with Gasteiger partial charge in [0.2, 0.25) is 5.88 Å². The minimum absolute atomic E-state index is 0.0655. The quantitative estimate of drug-likeness (QED) is 0.881. The molecule has 2 N–H and O–H groups in total. The van der Waals surface area contributed by atoms with Gasteiger partial charge >= 0.3 is 5.69 Å². The zero-order valence-corrected chi connectivity index (χ0v) is 11.5. The highest BCUT2D eigenvalue weighted by molar-refractivity contribution is 9.10. The predicted octanol–water partition coefficient (Wildman–Crippen LogP) is 1.70. The molecule has 1 aromatic carbocycles. The van der Waals surface area contributed by atoms with Crippen LogP contribution >= 0.6 is 15.9 Å². The van der Waals surface area contributed by atoms with Gasteiger partial charge in [0.25, 0.3) is 5.56 Å². The normalized spacial score (nSPS) is 10.7. The van der Waals surface area contributed by atoms with Crippen LogP contribution in [0.4, 0.5) is 4.39 Å². The van der Waals surface area contributed by atoms with E-state index in [4.69, 9.17) is 0 Å². The molecule has 0 atom stereocenters. The van der Waals surface area contributed by atoms with Crippen LogP contribution in [0.2, 0.25) is 0 Å². The van der Waals surface area contributed by atoms with Gasteiger partial charge in [-0.3, -0.25) is 9.78 Å². The molecule has 0 saturated carbocycles. The van der Waals surface area contributed by atoms with E-state index in [1.807, 2.05) is 0 Å². The van der Waals surface area contributed by atoms with Gasteiger partial charge < -0.3 is 5.11 Å². The summed E-state index contributed by atoms with van der Waals surface area (Å²) in [7, 11) is 0. The maximum atomic E-state index is 13.3. The summed E-state index contributed by atoms with van der Waals surface area (Å²) in [5.74, 6) is -1.05. The molecule has 0 fully saturated rings. The van der Waals surface area contributed by atoms with Gasteiger partial charge in [-0.2, -0.15) is 0 Å². The molecule has 7 heteroatoms. The van der Waals surface area contributed by atoms with E-state index in [-0.39, 0.29) is 17.7 Å². The Morgan fingerprint density at radius 3 is 2.74 bits per heavy atom. The summed E-state index contributed by atoms with van der Waals surface area (Å²) in [5.41, 5.74) is -1.29. The molecule has 0 spiro atoms. The molecule has 0 aliphatic carbocycles. The number of nitrogens with one attached hydrogen (secondary N) is 1. The van der Waals surface area contributed by atoms with Crippen molar-refractivity contribution < 1.29 is 9.50 Å². The number of aromatic amines is 1. The Kier molecular flexibility index (Phi) is 3.57. The molecule has 2 rings (SSSR count). The Labute approximate surface area is 115 Å². The average Bonchev–Trinajstić information content (AvgIpc) is 2.33. The summed E-state index contributed by atoms with van der Waals surface area (Å²) < 4.78 is 14.5. The average molecular weight is 329 g/mol. The number of halogens is 2. The van der Waals surface area contributed by atoms with Crippen LogP contribution in [0.3, 0.4) is 0 Å². The van der Waals surface area contributed by atoms with Gasteiger partial charge in [-0.15, -0.1) is 0 Å². The Morgan fingerprint density at radius 2 is 2.11 bits per heavy atom. The maximum absolute atomic E-state index is 13.3. The van der Waals surface area contributed by atoms with E-state index in [1.165, 1.54) is 12.1 Å². The van der Waals surface area contributed by atoms with E-state index in [1.54, 1.807) is 6.92 Å². The van der Waals surface area contributed by atoms with Gasteiger partial charge in [0.15, 0.2) is 0 Å². The van der Waals surface area contributed by atoms with E-state index < -0.39 is 22.9 Å². The zero-order valence-electron chi connectivity index (χ0n) is 9.91. The summed E-state index contributed by atoms with van der Waals surface area (Å²) in [4.78, 5) is 25.4. The van der Waals surface area contributed by atoms with Crippen LogP contribution < -0.4 is 11.2 Å². The lowest BCUT2D eigenvalue weighted by Crippen LogP contribution is -2.31. The van der Waals surface area contributed by atoms with Gasteiger partial charge in [-0.05, 0) is 40.5 Å². The van der Waals surface area contributed by atoms with Crippen molar-refractivity contribution in [1.82, 2.24) is 9.55 Å². The van der Waals surface area contributed by atoms with Crippen molar-refractivity contribution in [3.63, 3.8) is 0 Å². The van der Waals surface area contributed by atoms with Crippen LogP contribution in [0.5, 0.6) is 5.88 Å². The fraction of sp³-hybridized carbons (Fsp3) is 0.167. The maximum Gasteiger partial charge on any atom is 0.335 e. The third-order valence-electron chi connectivity index (χ3n) is 2.68. The first-order chi connectivity index (χ1) is 8.95. The van der Waals surface area contributed by atoms with Gasteiger partial charge in [0, 0.05) is 4.47 Å². The number of aromatic hydroxyl groups is 1.